The lowest BCUT2D eigenvalue weighted by Crippen LogP contribution is -2.08. The average Bonchev–Trinajstić information content (AvgIpc) is 2.45. The minimum Gasteiger partial charge on any atom is -0.372 e. The van der Waals surface area contributed by atoms with E-state index < -0.39 is 0 Å². The lowest BCUT2D eigenvalue weighted by atomic mass is 10.1. The maximum absolute atomic E-state index is 13.1. The molecule has 21 heavy (non-hydrogen) atoms. The van der Waals surface area contributed by atoms with E-state index in [-0.39, 0.29) is 5.82 Å². The monoisotopic (exact) mass is 419 g/mol. The normalized spacial score (nSPS) is 10.7. The molecule has 1 aromatic carbocycles. The van der Waals surface area contributed by atoms with Gasteiger partial charge >= 0.3 is 0 Å². The maximum atomic E-state index is 13.1. The summed E-state index contributed by atoms with van der Waals surface area (Å²) in [5.74, 6) is 1.17. The van der Waals surface area contributed by atoms with Crippen molar-refractivity contribution in [2.24, 2.45) is 0 Å². The summed E-state index contributed by atoms with van der Waals surface area (Å²) in [5, 5.41) is 3.50. The molecule has 0 bridgehead atoms. The highest BCUT2D eigenvalue weighted by Crippen LogP contribution is 2.23. The van der Waals surface area contributed by atoms with Crippen molar-refractivity contribution < 1.29 is 4.39 Å². The molecular formula is C15H16ClFIN3. The summed E-state index contributed by atoms with van der Waals surface area (Å²) in [7, 11) is 1.84. The molecule has 0 unspecified atom stereocenters. The van der Waals surface area contributed by atoms with Crippen LogP contribution in [0.2, 0.25) is 5.02 Å². The van der Waals surface area contributed by atoms with Crippen molar-refractivity contribution in [2.45, 2.75) is 26.2 Å². The van der Waals surface area contributed by atoms with Crippen LogP contribution in [0.5, 0.6) is 0 Å². The van der Waals surface area contributed by atoms with Crippen molar-refractivity contribution in [1.82, 2.24) is 9.97 Å². The van der Waals surface area contributed by atoms with Crippen LogP contribution >= 0.6 is 34.2 Å². The van der Waals surface area contributed by atoms with Gasteiger partial charge in [0, 0.05) is 18.5 Å². The minimum atomic E-state index is -0.338. The van der Waals surface area contributed by atoms with Gasteiger partial charge in [-0.05, 0) is 46.7 Å². The van der Waals surface area contributed by atoms with Crippen LogP contribution in [0.1, 0.15) is 30.4 Å². The molecule has 0 atom stereocenters. The number of anilines is 1. The summed E-state index contributed by atoms with van der Waals surface area (Å²) in [6.07, 6.45) is 2.41. The molecule has 2 rings (SSSR count). The van der Waals surface area contributed by atoms with E-state index in [0.29, 0.717) is 17.3 Å². The molecule has 0 saturated heterocycles. The molecule has 6 heteroatoms. The predicted octanol–water partition coefficient (Wildman–Crippen LogP) is 4.46. The zero-order valence-electron chi connectivity index (χ0n) is 11.9. The topological polar surface area (TPSA) is 37.8 Å². The highest BCUT2D eigenvalue weighted by molar-refractivity contribution is 14.1. The van der Waals surface area contributed by atoms with Gasteiger partial charge in [-0.3, -0.25) is 0 Å². The van der Waals surface area contributed by atoms with Crippen LogP contribution in [0.15, 0.2) is 18.2 Å². The third kappa shape index (κ3) is 4.03. The summed E-state index contributed by atoms with van der Waals surface area (Å²) < 4.78 is 14.1. The molecular weight excluding hydrogens is 404 g/mol. The van der Waals surface area contributed by atoms with Gasteiger partial charge in [-0.25, -0.2) is 14.4 Å². The fraction of sp³-hybridized carbons (Fsp3) is 0.333. The van der Waals surface area contributed by atoms with Gasteiger partial charge in [-0.1, -0.05) is 31.0 Å². The first-order chi connectivity index (χ1) is 10.0. The van der Waals surface area contributed by atoms with Gasteiger partial charge in [0.25, 0.3) is 0 Å². The van der Waals surface area contributed by atoms with Crippen molar-refractivity contribution in [3.8, 4) is 0 Å². The van der Waals surface area contributed by atoms with E-state index in [0.717, 1.165) is 33.5 Å². The molecule has 0 aliphatic rings. The molecule has 3 nitrogen and oxygen atoms in total. The summed E-state index contributed by atoms with van der Waals surface area (Å²) >= 11 is 8.33. The van der Waals surface area contributed by atoms with Gasteiger partial charge in [-0.15, -0.1) is 0 Å². The van der Waals surface area contributed by atoms with Gasteiger partial charge in [0.15, 0.2) is 0 Å². The number of rotatable bonds is 5. The molecule has 0 radical (unpaired) electrons. The van der Waals surface area contributed by atoms with Crippen molar-refractivity contribution in [1.29, 1.82) is 0 Å². The van der Waals surface area contributed by atoms with Crippen LogP contribution in [0, 0.1) is 9.39 Å². The Labute approximate surface area is 142 Å². The second kappa shape index (κ2) is 7.35. The Kier molecular flexibility index (Phi) is 5.75. The van der Waals surface area contributed by atoms with Gasteiger partial charge < -0.3 is 5.32 Å². The zero-order valence-corrected chi connectivity index (χ0v) is 14.8. The van der Waals surface area contributed by atoms with Crippen LogP contribution in [0.25, 0.3) is 0 Å². The Balaban J connectivity index is 2.37. The Morgan fingerprint density at radius 3 is 2.71 bits per heavy atom. The predicted molar refractivity (Wildman–Crippen MR) is 92.5 cm³/mol. The Morgan fingerprint density at radius 1 is 1.33 bits per heavy atom. The Morgan fingerprint density at radius 2 is 2.10 bits per heavy atom. The van der Waals surface area contributed by atoms with Crippen molar-refractivity contribution in [3.63, 3.8) is 0 Å². The molecule has 0 amide bonds. The lowest BCUT2D eigenvalue weighted by molar-refractivity contribution is 0.627. The molecule has 0 spiro atoms. The van der Waals surface area contributed by atoms with Gasteiger partial charge in [0.1, 0.15) is 17.5 Å². The van der Waals surface area contributed by atoms with E-state index in [1.165, 1.54) is 12.1 Å². The number of aryl methyl sites for hydroxylation is 1. The Bertz CT molecular complexity index is 649. The lowest BCUT2D eigenvalue weighted by Gasteiger charge is -2.11. The number of aromatic nitrogens is 2. The second-order valence-corrected chi connectivity index (χ2v) is 6.15. The standard InChI is InChI=1S/C15H16ClFIN3/c1-3-4-12-14(18)15(19-2)21-13(20-12)7-9-5-6-10(17)8-11(9)16/h5-6,8H,3-4,7H2,1-2H3,(H,19,20,21). The van der Waals surface area contributed by atoms with Crippen LogP contribution < -0.4 is 5.32 Å². The number of nitrogens with zero attached hydrogens (tertiary/aromatic N) is 2. The number of benzene rings is 1. The largest absolute Gasteiger partial charge is 0.372 e. The zero-order chi connectivity index (χ0) is 15.4. The molecule has 0 aliphatic heterocycles. The fourth-order valence-corrected chi connectivity index (χ4v) is 3.04. The smallest absolute Gasteiger partial charge is 0.143 e. The summed E-state index contributed by atoms with van der Waals surface area (Å²) in [5.41, 5.74) is 1.86. The minimum absolute atomic E-state index is 0.338. The molecule has 112 valence electrons. The van der Waals surface area contributed by atoms with Crippen LogP contribution in [0.3, 0.4) is 0 Å². The van der Waals surface area contributed by atoms with E-state index in [9.17, 15) is 4.39 Å². The number of nitrogens with one attached hydrogen (secondary N) is 1. The van der Waals surface area contributed by atoms with E-state index in [4.69, 9.17) is 11.6 Å². The quantitative estimate of drug-likeness (QED) is 0.727. The van der Waals surface area contributed by atoms with Gasteiger partial charge in [0.05, 0.1) is 9.26 Å². The molecule has 0 fully saturated rings. The molecule has 0 saturated carbocycles. The maximum Gasteiger partial charge on any atom is 0.143 e. The SMILES string of the molecule is CCCc1nc(Cc2ccc(F)cc2Cl)nc(NC)c1I. The molecule has 0 aliphatic carbocycles. The number of hydrogen-bond donors (Lipinski definition) is 1. The van der Waals surface area contributed by atoms with Crippen LogP contribution in [-0.4, -0.2) is 17.0 Å². The average molecular weight is 420 g/mol. The van der Waals surface area contributed by atoms with E-state index in [1.54, 1.807) is 6.07 Å². The summed E-state index contributed by atoms with van der Waals surface area (Å²) in [6, 6.07) is 4.40. The number of hydrogen-bond acceptors (Lipinski definition) is 3. The third-order valence-corrected chi connectivity index (χ3v) is 4.54. The highest BCUT2D eigenvalue weighted by Gasteiger charge is 2.12. The summed E-state index contributed by atoms with van der Waals surface area (Å²) in [4.78, 5) is 9.13. The molecule has 2 aromatic rings. The first-order valence-electron chi connectivity index (χ1n) is 6.72. The van der Waals surface area contributed by atoms with Crippen LogP contribution in [0.4, 0.5) is 10.2 Å². The van der Waals surface area contributed by atoms with Crippen molar-refractivity contribution in [3.05, 3.63) is 49.7 Å². The van der Waals surface area contributed by atoms with E-state index >= 15 is 0 Å². The van der Waals surface area contributed by atoms with Gasteiger partial charge in [0.2, 0.25) is 0 Å². The van der Waals surface area contributed by atoms with E-state index in [2.05, 4.69) is 44.8 Å². The first kappa shape index (κ1) is 16.4. The number of halogens is 3. The van der Waals surface area contributed by atoms with Crippen molar-refractivity contribution in [2.75, 3.05) is 12.4 Å². The highest BCUT2D eigenvalue weighted by atomic mass is 127. The second-order valence-electron chi connectivity index (χ2n) is 4.66. The molecule has 1 N–H and O–H groups in total. The Hall–Kier alpha value is -0.950. The van der Waals surface area contributed by atoms with Crippen molar-refractivity contribution >= 4 is 40.0 Å². The third-order valence-electron chi connectivity index (χ3n) is 3.05. The molecule has 1 heterocycles. The van der Waals surface area contributed by atoms with E-state index in [1.807, 2.05) is 7.05 Å². The summed E-state index contributed by atoms with van der Waals surface area (Å²) in [6.45, 7) is 2.12. The van der Waals surface area contributed by atoms with Gasteiger partial charge in [-0.2, -0.15) is 0 Å². The fourth-order valence-electron chi connectivity index (χ4n) is 2.03. The first-order valence-corrected chi connectivity index (χ1v) is 8.17. The molecule has 1 aromatic heterocycles. The van der Waals surface area contributed by atoms with Crippen LogP contribution in [-0.2, 0) is 12.8 Å².